The molecular formula is C15H16N2O4. The Morgan fingerprint density at radius 2 is 1.86 bits per heavy atom. The van der Waals surface area contributed by atoms with Crippen LogP contribution in [0.15, 0.2) is 18.5 Å². The minimum Gasteiger partial charge on any atom is -0.480 e. The van der Waals surface area contributed by atoms with Gasteiger partial charge in [-0.05, 0) is 24.8 Å². The fourth-order valence-corrected chi connectivity index (χ4v) is 3.33. The number of amides is 2. The SMILES string of the molecule is O=C(O)C(C1CCCCC1)N1C(=O)c2ccncc2C1=O. The number of pyridine rings is 1. The van der Waals surface area contributed by atoms with Gasteiger partial charge in [0.05, 0.1) is 11.1 Å². The lowest BCUT2D eigenvalue weighted by atomic mass is 9.83. The predicted octanol–water partition coefficient (Wildman–Crippen LogP) is 1.71. The molecule has 1 unspecified atom stereocenters. The Morgan fingerprint density at radius 3 is 2.48 bits per heavy atom. The van der Waals surface area contributed by atoms with Gasteiger partial charge in [0.1, 0.15) is 6.04 Å². The summed E-state index contributed by atoms with van der Waals surface area (Å²) < 4.78 is 0. The standard InChI is InChI=1S/C15H16N2O4/c18-13-10-6-7-16-8-11(10)14(19)17(13)12(15(20)21)9-4-2-1-3-5-9/h6-9,12H,1-5H2,(H,20,21). The maximum Gasteiger partial charge on any atom is 0.327 e. The van der Waals surface area contributed by atoms with Gasteiger partial charge < -0.3 is 5.11 Å². The molecule has 21 heavy (non-hydrogen) atoms. The molecule has 6 nitrogen and oxygen atoms in total. The maximum atomic E-state index is 12.4. The smallest absolute Gasteiger partial charge is 0.327 e. The monoisotopic (exact) mass is 288 g/mol. The highest BCUT2D eigenvalue weighted by Gasteiger charge is 2.46. The van der Waals surface area contributed by atoms with Crippen molar-refractivity contribution in [2.24, 2.45) is 5.92 Å². The molecule has 0 spiro atoms. The minimum atomic E-state index is -1.11. The second-order valence-electron chi connectivity index (χ2n) is 5.58. The van der Waals surface area contributed by atoms with Gasteiger partial charge in [0.2, 0.25) is 0 Å². The molecule has 0 saturated heterocycles. The number of carboxylic acids is 1. The lowest BCUT2D eigenvalue weighted by Gasteiger charge is -2.32. The van der Waals surface area contributed by atoms with Gasteiger partial charge in [0.25, 0.3) is 11.8 Å². The van der Waals surface area contributed by atoms with Crippen LogP contribution in [0.3, 0.4) is 0 Å². The summed E-state index contributed by atoms with van der Waals surface area (Å²) in [4.78, 5) is 41.2. The average molecular weight is 288 g/mol. The summed E-state index contributed by atoms with van der Waals surface area (Å²) in [7, 11) is 0. The van der Waals surface area contributed by atoms with Crippen molar-refractivity contribution in [1.29, 1.82) is 0 Å². The molecule has 1 N–H and O–H groups in total. The van der Waals surface area contributed by atoms with Crippen LogP contribution in [0, 0.1) is 5.92 Å². The first-order valence-electron chi connectivity index (χ1n) is 7.16. The van der Waals surface area contributed by atoms with Crippen molar-refractivity contribution in [2.45, 2.75) is 38.1 Å². The van der Waals surface area contributed by atoms with Crippen LogP contribution >= 0.6 is 0 Å². The molecule has 1 aromatic rings. The largest absolute Gasteiger partial charge is 0.480 e. The summed E-state index contributed by atoms with van der Waals surface area (Å²) >= 11 is 0. The molecule has 2 amide bonds. The molecule has 0 aromatic carbocycles. The van der Waals surface area contributed by atoms with Crippen LogP contribution in [0.4, 0.5) is 0 Å². The quantitative estimate of drug-likeness (QED) is 0.855. The van der Waals surface area contributed by atoms with E-state index in [9.17, 15) is 19.5 Å². The fourth-order valence-electron chi connectivity index (χ4n) is 3.33. The number of carbonyl (C=O) groups is 3. The molecule has 1 aliphatic carbocycles. The van der Waals surface area contributed by atoms with Gasteiger partial charge in [-0.1, -0.05) is 19.3 Å². The summed E-state index contributed by atoms with van der Waals surface area (Å²) in [5.74, 6) is -2.33. The fraction of sp³-hybridized carbons (Fsp3) is 0.467. The van der Waals surface area contributed by atoms with E-state index in [1.165, 1.54) is 18.5 Å². The zero-order valence-corrected chi connectivity index (χ0v) is 11.5. The Bertz CT molecular complexity index is 572. The Hall–Kier alpha value is -2.24. The molecule has 2 aliphatic rings. The number of hydrogen-bond donors (Lipinski definition) is 1. The van der Waals surface area contributed by atoms with Gasteiger partial charge in [-0.3, -0.25) is 19.5 Å². The van der Waals surface area contributed by atoms with E-state index in [1.807, 2.05) is 0 Å². The number of aromatic nitrogens is 1. The van der Waals surface area contributed by atoms with Crippen LogP contribution in [0.25, 0.3) is 0 Å². The second kappa shape index (κ2) is 5.27. The Morgan fingerprint density at radius 1 is 1.19 bits per heavy atom. The van der Waals surface area contributed by atoms with Crippen molar-refractivity contribution in [1.82, 2.24) is 9.88 Å². The van der Waals surface area contributed by atoms with E-state index in [0.717, 1.165) is 37.0 Å². The Labute approximate surface area is 121 Å². The normalized spacial score (nSPS) is 20.5. The van der Waals surface area contributed by atoms with Crippen LogP contribution in [0.1, 0.15) is 52.8 Å². The van der Waals surface area contributed by atoms with E-state index >= 15 is 0 Å². The van der Waals surface area contributed by atoms with E-state index in [-0.39, 0.29) is 17.0 Å². The zero-order valence-electron chi connectivity index (χ0n) is 11.5. The predicted molar refractivity (Wildman–Crippen MR) is 72.7 cm³/mol. The van der Waals surface area contributed by atoms with E-state index in [4.69, 9.17) is 0 Å². The highest BCUT2D eigenvalue weighted by Crippen LogP contribution is 2.33. The van der Waals surface area contributed by atoms with Crippen LogP contribution in [0.2, 0.25) is 0 Å². The van der Waals surface area contributed by atoms with Gasteiger partial charge in [0.15, 0.2) is 0 Å². The van der Waals surface area contributed by atoms with Crippen LogP contribution in [0.5, 0.6) is 0 Å². The van der Waals surface area contributed by atoms with E-state index in [2.05, 4.69) is 4.98 Å². The molecule has 1 atom stereocenters. The molecule has 6 heteroatoms. The summed E-state index contributed by atoms with van der Waals surface area (Å²) in [6.07, 6.45) is 7.21. The summed E-state index contributed by atoms with van der Waals surface area (Å²) in [6.45, 7) is 0. The van der Waals surface area contributed by atoms with Crippen LogP contribution in [-0.2, 0) is 4.79 Å². The molecule has 110 valence electrons. The Kier molecular flexibility index (Phi) is 3.45. The van der Waals surface area contributed by atoms with Crippen molar-refractivity contribution in [2.75, 3.05) is 0 Å². The number of imide groups is 1. The summed E-state index contributed by atoms with van der Waals surface area (Å²) in [5.41, 5.74) is 0.446. The van der Waals surface area contributed by atoms with Crippen molar-refractivity contribution in [3.05, 3.63) is 29.6 Å². The molecule has 0 radical (unpaired) electrons. The number of fused-ring (bicyclic) bond motifs is 1. The molecule has 1 aromatic heterocycles. The van der Waals surface area contributed by atoms with Crippen molar-refractivity contribution >= 4 is 17.8 Å². The molecular weight excluding hydrogens is 272 g/mol. The van der Waals surface area contributed by atoms with Crippen LogP contribution < -0.4 is 0 Å². The summed E-state index contributed by atoms with van der Waals surface area (Å²) in [5, 5.41) is 9.54. The highest BCUT2D eigenvalue weighted by molar-refractivity contribution is 6.22. The van der Waals surface area contributed by atoms with Crippen molar-refractivity contribution in [3.63, 3.8) is 0 Å². The lowest BCUT2D eigenvalue weighted by molar-refractivity contribution is -0.144. The van der Waals surface area contributed by atoms with E-state index in [1.54, 1.807) is 0 Å². The topological polar surface area (TPSA) is 87.6 Å². The molecule has 3 rings (SSSR count). The summed E-state index contributed by atoms with van der Waals surface area (Å²) in [6, 6.07) is 0.396. The second-order valence-corrected chi connectivity index (χ2v) is 5.58. The zero-order chi connectivity index (χ0) is 15.0. The number of hydrogen-bond acceptors (Lipinski definition) is 4. The van der Waals surface area contributed by atoms with Gasteiger partial charge in [-0.15, -0.1) is 0 Å². The molecule has 0 bridgehead atoms. The molecule has 1 fully saturated rings. The lowest BCUT2D eigenvalue weighted by Crippen LogP contribution is -2.49. The van der Waals surface area contributed by atoms with Crippen molar-refractivity contribution < 1.29 is 19.5 Å². The Balaban J connectivity index is 1.96. The number of aliphatic carboxylic acids is 1. The minimum absolute atomic E-state index is 0.161. The molecule has 2 heterocycles. The van der Waals surface area contributed by atoms with E-state index in [0.29, 0.717) is 0 Å². The third-order valence-corrected chi connectivity index (χ3v) is 4.35. The first-order valence-corrected chi connectivity index (χ1v) is 7.16. The first kappa shape index (κ1) is 13.7. The maximum absolute atomic E-state index is 12.4. The van der Waals surface area contributed by atoms with Crippen LogP contribution in [-0.4, -0.2) is 38.8 Å². The average Bonchev–Trinajstić information content (AvgIpc) is 2.74. The number of rotatable bonds is 3. The van der Waals surface area contributed by atoms with Gasteiger partial charge in [0, 0.05) is 12.4 Å². The first-order chi connectivity index (χ1) is 10.1. The van der Waals surface area contributed by atoms with Gasteiger partial charge in [-0.25, -0.2) is 4.79 Å². The number of carboxylic acid groups (broad SMARTS) is 1. The van der Waals surface area contributed by atoms with Gasteiger partial charge in [-0.2, -0.15) is 0 Å². The highest BCUT2D eigenvalue weighted by atomic mass is 16.4. The molecule has 1 saturated carbocycles. The van der Waals surface area contributed by atoms with Gasteiger partial charge >= 0.3 is 5.97 Å². The third-order valence-electron chi connectivity index (χ3n) is 4.35. The molecule has 1 aliphatic heterocycles. The van der Waals surface area contributed by atoms with E-state index < -0.39 is 23.8 Å². The number of carbonyl (C=O) groups excluding carboxylic acids is 2. The van der Waals surface area contributed by atoms with Crippen molar-refractivity contribution in [3.8, 4) is 0 Å². The number of nitrogens with zero attached hydrogens (tertiary/aromatic N) is 2. The third kappa shape index (κ3) is 2.20.